The molecule has 20 N–H and O–H groups in total. The molecule has 0 aliphatic rings. The summed E-state index contributed by atoms with van der Waals surface area (Å²) in [5.74, 6) is 0. The first-order valence-corrected chi connectivity index (χ1v) is 3.05. The first-order chi connectivity index (χ1) is 6.93. The van der Waals surface area contributed by atoms with Crippen molar-refractivity contribution in [3.8, 4) is 0 Å². The Labute approximate surface area is 175 Å². The van der Waals surface area contributed by atoms with Gasteiger partial charge in [0.05, 0.1) is 7.32 Å². The first kappa shape index (κ1) is 74.1. The SMILES string of the molecule is O.O.O.O.O.OB(O)O.OB(O)O.OB(O)O.[Na+].[Na+].[O-]B([O-])O. The van der Waals surface area contributed by atoms with Gasteiger partial charge in [0.25, 0.3) is 0 Å². The summed E-state index contributed by atoms with van der Waals surface area (Å²) in [5, 5.41) is 88.5. The Kier molecular flexibility index (Phi) is 210. The van der Waals surface area contributed by atoms with Crippen LogP contribution < -0.4 is 69.2 Å². The molecule has 0 saturated carbocycles. The molecule has 23 heteroatoms. The van der Waals surface area contributed by atoms with Gasteiger partial charge in [-0.15, -0.1) is 0 Å². The molecule has 0 aliphatic carbocycles. The molecule has 17 nitrogen and oxygen atoms in total. The van der Waals surface area contributed by atoms with Crippen LogP contribution in [0.15, 0.2) is 0 Å². The minimum Gasteiger partial charge on any atom is -0.871 e. The van der Waals surface area contributed by atoms with Crippen molar-refractivity contribution in [1.29, 1.82) is 0 Å². The molecule has 0 aromatic heterocycles. The molecule has 136 valence electrons. The minimum atomic E-state index is -2.67. The molecule has 0 aromatic rings. The number of rotatable bonds is 0. The Morgan fingerprint density at radius 1 is 0.391 bits per heavy atom. The summed E-state index contributed by atoms with van der Waals surface area (Å²) in [6.07, 6.45) is 0. The molecular weight excluding hydrogens is 361 g/mol. The van der Waals surface area contributed by atoms with Crippen LogP contribution in [-0.2, 0) is 0 Å². The quantitative estimate of drug-likeness (QED) is 0.175. The summed E-state index contributed by atoms with van der Waals surface area (Å²) < 4.78 is 0. The zero-order valence-electron chi connectivity index (χ0n) is 12.1. The van der Waals surface area contributed by atoms with E-state index in [9.17, 15) is 0 Å². The molecule has 0 bridgehead atoms. The van der Waals surface area contributed by atoms with Crippen LogP contribution in [0.25, 0.3) is 0 Å². The van der Waals surface area contributed by atoms with Crippen LogP contribution in [0.3, 0.4) is 0 Å². The summed E-state index contributed by atoms with van der Waals surface area (Å²) in [6.45, 7) is 0. The Morgan fingerprint density at radius 3 is 0.391 bits per heavy atom. The van der Waals surface area contributed by atoms with E-state index in [2.05, 4.69) is 0 Å². The largest absolute Gasteiger partial charge is 1.00 e. The third kappa shape index (κ3) is 4400. The maximum absolute atomic E-state index is 8.53. The van der Waals surface area contributed by atoms with Gasteiger partial charge in [-0.05, 0) is 0 Å². The van der Waals surface area contributed by atoms with E-state index >= 15 is 0 Å². The fourth-order valence-electron chi connectivity index (χ4n) is 0. The third-order valence-corrected chi connectivity index (χ3v) is 0. The van der Waals surface area contributed by atoms with Gasteiger partial charge >= 0.3 is 81.1 Å². The van der Waals surface area contributed by atoms with Gasteiger partial charge in [0.15, 0.2) is 0 Å². The van der Waals surface area contributed by atoms with E-state index in [-0.39, 0.29) is 86.5 Å². The van der Waals surface area contributed by atoms with Crippen molar-refractivity contribution in [3.05, 3.63) is 0 Å². The molecule has 0 aromatic carbocycles. The minimum absolute atomic E-state index is 0. The zero-order valence-corrected chi connectivity index (χ0v) is 16.1. The van der Waals surface area contributed by atoms with E-state index in [1.807, 2.05) is 0 Å². The smallest absolute Gasteiger partial charge is 0.871 e. The van der Waals surface area contributed by atoms with Crippen LogP contribution in [0, 0.1) is 0 Å². The third-order valence-electron chi connectivity index (χ3n) is 0. The maximum Gasteiger partial charge on any atom is 1.00 e. The van der Waals surface area contributed by atoms with Gasteiger partial charge < -0.3 is 87.7 Å². The van der Waals surface area contributed by atoms with Crippen molar-refractivity contribution in [2.75, 3.05) is 0 Å². The summed E-state index contributed by atoms with van der Waals surface area (Å²) in [6, 6.07) is 0. The predicted molar refractivity (Wildman–Crippen MR) is 63.3 cm³/mol. The van der Waals surface area contributed by atoms with Gasteiger partial charge in [0, 0.05) is 0 Å². The van der Waals surface area contributed by atoms with Gasteiger partial charge in [0.1, 0.15) is 0 Å². The van der Waals surface area contributed by atoms with Gasteiger partial charge in [-0.2, -0.15) is 0 Å². The van der Waals surface area contributed by atoms with E-state index < -0.39 is 29.3 Å². The molecule has 0 heterocycles. The van der Waals surface area contributed by atoms with Crippen molar-refractivity contribution in [2.45, 2.75) is 0 Å². The fraction of sp³-hybridized carbons (Fsp3) is 0. The van der Waals surface area contributed by atoms with Crippen LogP contribution in [0.2, 0.25) is 0 Å². The van der Waals surface area contributed by atoms with Gasteiger partial charge in [0.2, 0.25) is 0 Å². The fourth-order valence-corrected chi connectivity index (χ4v) is 0. The molecule has 0 aliphatic heterocycles. The van der Waals surface area contributed by atoms with Crippen LogP contribution in [-0.4, -0.2) is 107 Å². The molecule has 23 heavy (non-hydrogen) atoms. The first-order valence-electron chi connectivity index (χ1n) is 3.05. The average Bonchev–Trinajstić information content (AvgIpc) is 1.76. The summed E-state index contributed by atoms with van der Waals surface area (Å²) >= 11 is 0. The van der Waals surface area contributed by atoms with E-state index in [0.717, 1.165) is 0 Å². The van der Waals surface area contributed by atoms with Crippen LogP contribution >= 0.6 is 0 Å². The van der Waals surface area contributed by atoms with Crippen molar-refractivity contribution >= 4 is 29.3 Å². The summed E-state index contributed by atoms with van der Waals surface area (Å²) in [5.41, 5.74) is 0. The van der Waals surface area contributed by atoms with Crippen molar-refractivity contribution in [1.82, 2.24) is 0 Å². The number of hydrogen-bond acceptors (Lipinski definition) is 12. The molecule has 0 unspecified atom stereocenters. The zero-order chi connectivity index (χ0) is 14.3. The molecule has 0 spiro atoms. The Balaban J connectivity index is -0.00000000842. The van der Waals surface area contributed by atoms with E-state index in [1.165, 1.54) is 0 Å². The van der Waals surface area contributed by atoms with Crippen LogP contribution in [0.4, 0.5) is 0 Å². The van der Waals surface area contributed by atoms with Crippen molar-refractivity contribution < 1.29 is 147 Å². The molecule has 0 radical (unpaired) electrons. The Bertz CT molecular complexity index is 67.6. The van der Waals surface area contributed by atoms with E-state index in [1.54, 1.807) is 0 Å². The second-order valence-corrected chi connectivity index (χ2v) is 1.35. The summed E-state index contributed by atoms with van der Waals surface area (Å²) in [7, 11) is -9.17. The topological polar surface area (TPSA) is 406 Å². The molecular formula is H20B4Na2O17. The van der Waals surface area contributed by atoms with E-state index in [0.29, 0.717) is 0 Å². The Hall–Kier alpha value is 1.58. The second-order valence-electron chi connectivity index (χ2n) is 1.35. The maximum atomic E-state index is 8.53. The average molecular weight is 381 g/mol. The van der Waals surface area contributed by atoms with Crippen LogP contribution in [0.5, 0.6) is 0 Å². The van der Waals surface area contributed by atoms with Crippen molar-refractivity contribution in [3.63, 3.8) is 0 Å². The normalized spacial score (nSPS) is 4.70. The Morgan fingerprint density at radius 2 is 0.391 bits per heavy atom. The van der Waals surface area contributed by atoms with E-state index in [4.69, 9.17) is 60.3 Å². The van der Waals surface area contributed by atoms with Crippen LogP contribution in [0.1, 0.15) is 0 Å². The number of hydrogen-bond donors (Lipinski definition) is 10. The summed E-state index contributed by atoms with van der Waals surface area (Å²) in [4.78, 5) is 0. The molecule has 0 atom stereocenters. The van der Waals surface area contributed by atoms with Crippen molar-refractivity contribution in [2.24, 2.45) is 0 Å². The monoisotopic (exact) mass is 382 g/mol. The van der Waals surface area contributed by atoms with Gasteiger partial charge in [-0.3, -0.25) is 0 Å². The van der Waals surface area contributed by atoms with Gasteiger partial charge in [-0.1, -0.05) is 0 Å². The second kappa shape index (κ2) is 65.2. The van der Waals surface area contributed by atoms with Gasteiger partial charge in [-0.25, -0.2) is 0 Å². The standard InChI is InChI=1S/3BH3O3.BHO3.2Na.5H2O/c4*2-1(3)4;;;;;;;/h3*2-4H;2H;;;5*1H2/q;;;-2;2*+1;;;;;. The molecule has 0 saturated heterocycles. The molecule has 0 rings (SSSR count). The predicted octanol–water partition coefficient (Wildman–Crippen LogP) is -19.6. The molecule has 0 amide bonds. The molecule has 0 fully saturated rings.